The number of sulfonamides is 1. The lowest BCUT2D eigenvalue weighted by Crippen LogP contribution is -2.22. The maximum Gasteiger partial charge on any atom is 0.300 e. The number of hydrogen-bond acceptors (Lipinski definition) is 6. The SMILES string of the molecule is Cc1cnccc1CNS(=O)(=O)c1cc([N+](=O)[O-])c(Cl)s1. The third-order valence-electron chi connectivity index (χ3n) is 2.70. The summed E-state index contributed by atoms with van der Waals surface area (Å²) in [5.41, 5.74) is 1.20. The van der Waals surface area contributed by atoms with Gasteiger partial charge in [-0.2, -0.15) is 0 Å². The molecule has 0 aliphatic carbocycles. The van der Waals surface area contributed by atoms with E-state index in [1.807, 2.05) is 6.92 Å². The van der Waals surface area contributed by atoms with Crippen LogP contribution in [0.1, 0.15) is 11.1 Å². The van der Waals surface area contributed by atoms with Crippen molar-refractivity contribution in [2.45, 2.75) is 17.7 Å². The van der Waals surface area contributed by atoms with Crippen LogP contribution in [0, 0.1) is 17.0 Å². The van der Waals surface area contributed by atoms with E-state index in [0.29, 0.717) is 11.3 Å². The predicted octanol–water partition coefficient (Wildman–Crippen LogP) is 2.49. The molecule has 7 nitrogen and oxygen atoms in total. The molecular weight excluding hydrogens is 338 g/mol. The van der Waals surface area contributed by atoms with Gasteiger partial charge in [-0.25, -0.2) is 13.1 Å². The summed E-state index contributed by atoms with van der Waals surface area (Å²) in [7, 11) is -3.85. The summed E-state index contributed by atoms with van der Waals surface area (Å²) in [6, 6.07) is 2.65. The number of nitrogens with zero attached hydrogens (tertiary/aromatic N) is 2. The van der Waals surface area contributed by atoms with Crippen molar-refractivity contribution in [2.75, 3.05) is 0 Å². The van der Waals surface area contributed by atoms with E-state index in [-0.39, 0.29) is 15.1 Å². The van der Waals surface area contributed by atoms with Gasteiger partial charge in [-0.1, -0.05) is 11.6 Å². The van der Waals surface area contributed by atoms with Gasteiger partial charge in [0, 0.05) is 25.0 Å². The monoisotopic (exact) mass is 347 g/mol. The van der Waals surface area contributed by atoms with E-state index < -0.39 is 20.6 Å². The van der Waals surface area contributed by atoms with Crippen LogP contribution >= 0.6 is 22.9 Å². The van der Waals surface area contributed by atoms with Gasteiger partial charge in [-0.05, 0) is 24.1 Å². The first-order valence-corrected chi connectivity index (χ1v) is 8.32. The van der Waals surface area contributed by atoms with Crippen LogP contribution in [0.3, 0.4) is 0 Å². The number of aryl methyl sites for hydroxylation is 1. The fourth-order valence-corrected chi connectivity index (χ4v) is 4.26. The average molecular weight is 348 g/mol. The molecule has 2 rings (SSSR count). The summed E-state index contributed by atoms with van der Waals surface area (Å²) in [4.78, 5) is 13.9. The van der Waals surface area contributed by atoms with Gasteiger partial charge >= 0.3 is 0 Å². The van der Waals surface area contributed by atoms with Crippen LogP contribution in [-0.2, 0) is 16.6 Å². The highest BCUT2D eigenvalue weighted by Crippen LogP contribution is 2.36. The van der Waals surface area contributed by atoms with Crippen molar-refractivity contribution < 1.29 is 13.3 Å². The average Bonchev–Trinajstić information content (AvgIpc) is 2.81. The Morgan fingerprint density at radius 2 is 2.24 bits per heavy atom. The zero-order chi connectivity index (χ0) is 15.6. The Bertz CT molecular complexity index is 789. The Balaban J connectivity index is 2.21. The van der Waals surface area contributed by atoms with Gasteiger partial charge in [0.2, 0.25) is 0 Å². The maximum absolute atomic E-state index is 12.1. The highest BCUT2D eigenvalue weighted by atomic mass is 35.5. The minimum absolute atomic E-state index is 0.0694. The second-order valence-electron chi connectivity index (χ2n) is 4.11. The van der Waals surface area contributed by atoms with Crippen molar-refractivity contribution in [3.63, 3.8) is 0 Å². The first-order chi connectivity index (χ1) is 9.81. The third kappa shape index (κ3) is 3.56. The molecular formula is C11H10ClN3O4S2. The Hall–Kier alpha value is -1.55. The Morgan fingerprint density at radius 1 is 1.52 bits per heavy atom. The Labute approximate surface area is 129 Å². The molecule has 0 bridgehead atoms. The van der Waals surface area contributed by atoms with Crippen LogP contribution < -0.4 is 4.72 Å². The number of nitro groups is 1. The van der Waals surface area contributed by atoms with Crippen LogP contribution in [0.5, 0.6) is 0 Å². The number of rotatable bonds is 5. The van der Waals surface area contributed by atoms with E-state index in [1.54, 1.807) is 18.5 Å². The second-order valence-corrected chi connectivity index (χ2v) is 7.76. The molecule has 112 valence electrons. The molecule has 0 aromatic carbocycles. The molecule has 0 saturated carbocycles. The van der Waals surface area contributed by atoms with Crippen LogP contribution in [-0.4, -0.2) is 18.3 Å². The zero-order valence-electron chi connectivity index (χ0n) is 10.7. The molecule has 2 aromatic heterocycles. The van der Waals surface area contributed by atoms with Crippen molar-refractivity contribution >= 4 is 38.6 Å². The van der Waals surface area contributed by atoms with E-state index in [1.165, 1.54) is 0 Å². The van der Waals surface area contributed by atoms with Crippen molar-refractivity contribution in [3.8, 4) is 0 Å². The number of nitrogens with one attached hydrogen (secondary N) is 1. The fraction of sp³-hybridized carbons (Fsp3) is 0.182. The highest BCUT2D eigenvalue weighted by Gasteiger charge is 2.25. The summed E-state index contributed by atoms with van der Waals surface area (Å²) in [6.07, 6.45) is 3.18. The summed E-state index contributed by atoms with van der Waals surface area (Å²) < 4.78 is 26.2. The molecule has 10 heteroatoms. The first kappa shape index (κ1) is 15.8. The standard InChI is InChI=1S/C11H10ClN3O4S2/c1-7-5-13-3-2-8(7)6-14-21(18,19)10-4-9(15(16)17)11(12)20-10/h2-5,14H,6H2,1H3. The fourth-order valence-electron chi connectivity index (χ4n) is 1.54. The van der Waals surface area contributed by atoms with Crippen molar-refractivity contribution in [1.82, 2.24) is 9.71 Å². The Kier molecular flexibility index (Phi) is 4.57. The van der Waals surface area contributed by atoms with Gasteiger partial charge in [-0.15, -0.1) is 11.3 Å². The molecule has 0 atom stereocenters. The molecule has 21 heavy (non-hydrogen) atoms. The number of pyridine rings is 1. The van der Waals surface area contributed by atoms with Gasteiger partial charge in [0.1, 0.15) is 4.21 Å². The number of halogens is 1. The predicted molar refractivity (Wildman–Crippen MR) is 79.0 cm³/mol. The van der Waals surface area contributed by atoms with Gasteiger partial charge in [0.05, 0.1) is 4.92 Å². The molecule has 0 aliphatic rings. The van der Waals surface area contributed by atoms with Crippen LogP contribution in [0.25, 0.3) is 0 Å². The molecule has 0 fully saturated rings. The van der Waals surface area contributed by atoms with E-state index in [9.17, 15) is 18.5 Å². The normalized spacial score (nSPS) is 11.5. The van der Waals surface area contributed by atoms with Crippen molar-refractivity contribution in [2.24, 2.45) is 0 Å². The first-order valence-electron chi connectivity index (χ1n) is 5.64. The molecule has 0 amide bonds. The minimum atomic E-state index is -3.85. The van der Waals surface area contributed by atoms with Crippen molar-refractivity contribution in [1.29, 1.82) is 0 Å². The third-order valence-corrected chi connectivity index (χ3v) is 5.91. The molecule has 1 N–H and O–H groups in total. The van der Waals surface area contributed by atoms with E-state index >= 15 is 0 Å². The zero-order valence-corrected chi connectivity index (χ0v) is 13.1. The second kappa shape index (κ2) is 6.06. The highest BCUT2D eigenvalue weighted by molar-refractivity contribution is 7.91. The van der Waals surface area contributed by atoms with Gasteiger partial charge in [-0.3, -0.25) is 15.1 Å². The topological polar surface area (TPSA) is 102 Å². The number of thiophene rings is 1. The minimum Gasteiger partial charge on any atom is -0.264 e. The molecule has 0 radical (unpaired) electrons. The number of hydrogen-bond donors (Lipinski definition) is 1. The van der Waals surface area contributed by atoms with E-state index in [2.05, 4.69) is 9.71 Å². The lowest BCUT2D eigenvalue weighted by atomic mass is 10.2. The van der Waals surface area contributed by atoms with E-state index in [4.69, 9.17) is 11.6 Å². The molecule has 0 spiro atoms. The quantitative estimate of drug-likeness (QED) is 0.661. The molecule has 2 heterocycles. The molecule has 2 aromatic rings. The Morgan fingerprint density at radius 3 is 2.81 bits per heavy atom. The summed E-state index contributed by atoms with van der Waals surface area (Å²) in [5, 5.41) is 10.7. The van der Waals surface area contributed by atoms with Crippen molar-refractivity contribution in [3.05, 3.63) is 50.1 Å². The van der Waals surface area contributed by atoms with Gasteiger partial charge in [0.25, 0.3) is 15.7 Å². The maximum atomic E-state index is 12.1. The van der Waals surface area contributed by atoms with Gasteiger partial charge < -0.3 is 0 Å². The lowest BCUT2D eigenvalue weighted by molar-refractivity contribution is -0.384. The van der Waals surface area contributed by atoms with Gasteiger partial charge in [0.15, 0.2) is 4.34 Å². The largest absolute Gasteiger partial charge is 0.300 e. The summed E-state index contributed by atoms with van der Waals surface area (Å²) in [5.74, 6) is 0. The number of aromatic nitrogens is 1. The molecule has 0 aliphatic heterocycles. The molecule has 0 saturated heterocycles. The summed E-state index contributed by atoms with van der Waals surface area (Å²) in [6.45, 7) is 1.88. The van der Waals surface area contributed by atoms with Crippen LogP contribution in [0.2, 0.25) is 4.34 Å². The lowest BCUT2D eigenvalue weighted by Gasteiger charge is -2.06. The summed E-state index contributed by atoms with van der Waals surface area (Å²) >= 11 is 6.31. The van der Waals surface area contributed by atoms with Crippen LogP contribution in [0.4, 0.5) is 5.69 Å². The molecule has 0 unspecified atom stereocenters. The van der Waals surface area contributed by atoms with Crippen LogP contribution in [0.15, 0.2) is 28.7 Å². The smallest absolute Gasteiger partial charge is 0.264 e. The van der Waals surface area contributed by atoms with E-state index in [0.717, 1.165) is 17.2 Å².